The molecule has 2 aromatic carbocycles. The Hall–Kier alpha value is -2.39. The minimum atomic E-state index is -0.606. The molecule has 0 bridgehead atoms. The van der Waals surface area contributed by atoms with E-state index in [0.29, 0.717) is 5.75 Å². The molecule has 0 unspecified atom stereocenters. The van der Waals surface area contributed by atoms with Crippen molar-refractivity contribution in [2.75, 3.05) is 6.61 Å². The molecule has 1 N–H and O–H groups in total. The third-order valence-electron chi connectivity index (χ3n) is 4.47. The fourth-order valence-corrected chi connectivity index (χ4v) is 2.90. The van der Waals surface area contributed by atoms with Crippen LogP contribution in [0.1, 0.15) is 44.2 Å². The lowest BCUT2D eigenvalue weighted by Gasteiger charge is -2.12. The van der Waals surface area contributed by atoms with Crippen LogP contribution in [-0.4, -0.2) is 17.7 Å². The van der Waals surface area contributed by atoms with E-state index >= 15 is 0 Å². The maximum absolute atomic E-state index is 11.7. The molecule has 0 aliphatic rings. The summed E-state index contributed by atoms with van der Waals surface area (Å²) in [5, 5.41) is 8.92. The van der Waals surface area contributed by atoms with E-state index in [2.05, 4.69) is 38.6 Å². The fraction of sp³-hybridized carbons (Fsp3) is 0.348. The Labute approximate surface area is 156 Å². The molecule has 0 saturated heterocycles. The molecular weight excluding hydrogens is 324 g/mol. The molecule has 0 fully saturated rings. The lowest BCUT2D eigenvalue weighted by molar-refractivity contribution is -0.130. The highest BCUT2D eigenvalue weighted by atomic mass is 16.5. The third kappa shape index (κ3) is 5.30. The van der Waals surface area contributed by atoms with Gasteiger partial charge in [-0.3, -0.25) is 0 Å². The number of hydrogen-bond acceptors (Lipinski definition) is 3. The van der Waals surface area contributed by atoms with Crippen LogP contribution < -0.4 is 4.74 Å². The van der Waals surface area contributed by atoms with Crippen LogP contribution >= 0.6 is 0 Å². The van der Waals surface area contributed by atoms with Crippen molar-refractivity contribution in [3.8, 4) is 16.9 Å². The van der Waals surface area contributed by atoms with Crippen LogP contribution in [0.2, 0.25) is 0 Å². The summed E-state index contributed by atoms with van der Waals surface area (Å²) in [7, 11) is 0. The zero-order chi connectivity index (χ0) is 18.9. The van der Waals surface area contributed by atoms with E-state index in [-0.39, 0.29) is 5.57 Å². The summed E-state index contributed by atoms with van der Waals surface area (Å²) >= 11 is 0. The smallest absolute Gasteiger partial charge is 0.341 e. The van der Waals surface area contributed by atoms with E-state index in [0.717, 1.165) is 18.4 Å². The summed E-state index contributed by atoms with van der Waals surface area (Å²) in [4.78, 5) is 11.7. The quantitative estimate of drug-likeness (QED) is 0.295. The highest BCUT2D eigenvalue weighted by molar-refractivity contribution is 5.89. The Morgan fingerprint density at radius 1 is 1.08 bits per heavy atom. The SMILES string of the molecule is C=C(CO)C(=O)Oc1ccc(-c2ccc(CCCCC)cc2CC)cc1. The van der Waals surface area contributed by atoms with Gasteiger partial charge in [0.15, 0.2) is 0 Å². The molecule has 138 valence electrons. The van der Waals surface area contributed by atoms with Crippen molar-refractivity contribution < 1.29 is 14.6 Å². The van der Waals surface area contributed by atoms with Crippen LogP contribution in [0.3, 0.4) is 0 Å². The molecule has 0 aliphatic carbocycles. The molecule has 3 nitrogen and oxygen atoms in total. The highest BCUT2D eigenvalue weighted by Gasteiger charge is 2.10. The monoisotopic (exact) mass is 352 g/mol. The first kappa shape index (κ1) is 19.9. The van der Waals surface area contributed by atoms with Gasteiger partial charge in [-0.2, -0.15) is 0 Å². The number of carbonyl (C=O) groups excluding carboxylic acids is 1. The normalized spacial score (nSPS) is 10.6. The molecule has 3 heteroatoms. The van der Waals surface area contributed by atoms with Gasteiger partial charge < -0.3 is 9.84 Å². The van der Waals surface area contributed by atoms with Gasteiger partial charge in [0.05, 0.1) is 12.2 Å². The number of unbranched alkanes of at least 4 members (excludes halogenated alkanes) is 2. The average Bonchev–Trinajstić information content (AvgIpc) is 2.68. The lowest BCUT2D eigenvalue weighted by Crippen LogP contribution is -2.12. The van der Waals surface area contributed by atoms with Gasteiger partial charge in [-0.15, -0.1) is 0 Å². The van der Waals surface area contributed by atoms with E-state index in [1.807, 2.05) is 12.1 Å². The number of benzene rings is 2. The molecule has 0 amide bonds. The molecule has 0 aliphatic heterocycles. The Bertz CT molecular complexity index is 745. The maximum Gasteiger partial charge on any atom is 0.341 e. The van der Waals surface area contributed by atoms with Crippen LogP contribution in [0.15, 0.2) is 54.6 Å². The second-order valence-corrected chi connectivity index (χ2v) is 6.48. The van der Waals surface area contributed by atoms with E-state index < -0.39 is 12.6 Å². The van der Waals surface area contributed by atoms with Gasteiger partial charge in [0.1, 0.15) is 5.75 Å². The standard InChI is InChI=1S/C23H28O3/c1-4-6-7-8-18-9-14-22(19(5-2)15-18)20-10-12-21(13-11-20)26-23(25)17(3)16-24/h9-15,24H,3-8,16H2,1-2H3. The van der Waals surface area contributed by atoms with Crippen LogP contribution in [-0.2, 0) is 17.6 Å². The number of carbonyl (C=O) groups is 1. The predicted octanol–water partition coefficient (Wildman–Crippen LogP) is 5.10. The molecule has 0 spiro atoms. The summed E-state index contributed by atoms with van der Waals surface area (Å²) in [5.74, 6) is -0.159. The largest absolute Gasteiger partial charge is 0.423 e. The van der Waals surface area contributed by atoms with Crippen LogP contribution in [0, 0.1) is 0 Å². The molecule has 26 heavy (non-hydrogen) atoms. The number of hydrogen-bond donors (Lipinski definition) is 1. The van der Waals surface area contributed by atoms with Crippen molar-refractivity contribution in [1.82, 2.24) is 0 Å². The second kappa shape index (κ2) is 9.93. The number of aryl methyl sites for hydroxylation is 2. The van der Waals surface area contributed by atoms with E-state index in [1.165, 1.54) is 36.0 Å². The Morgan fingerprint density at radius 2 is 1.81 bits per heavy atom. The first-order valence-corrected chi connectivity index (χ1v) is 9.32. The van der Waals surface area contributed by atoms with Gasteiger partial charge in [0.25, 0.3) is 0 Å². The van der Waals surface area contributed by atoms with Gasteiger partial charge in [0.2, 0.25) is 0 Å². The van der Waals surface area contributed by atoms with Gasteiger partial charge in [-0.05, 0) is 53.6 Å². The summed E-state index contributed by atoms with van der Waals surface area (Å²) in [6.07, 6.45) is 5.85. The topological polar surface area (TPSA) is 46.5 Å². The summed E-state index contributed by atoms with van der Waals surface area (Å²) in [6, 6.07) is 14.2. The fourth-order valence-electron chi connectivity index (χ4n) is 2.90. The summed E-state index contributed by atoms with van der Waals surface area (Å²) in [5.41, 5.74) is 5.08. The molecule has 0 aromatic heterocycles. The third-order valence-corrected chi connectivity index (χ3v) is 4.47. The zero-order valence-electron chi connectivity index (χ0n) is 15.8. The lowest BCUT2D eigenvalue weighted by atomic mass is 9.94. The first-order chi connectivity index (χ1) is 12.6. The van der Waals surface area contributed by atoms with Crippen molar-refractivity contribution in [3.05, 3.63) is 65.7 Å². The zero-order valence-corrected chi connectivity index (χ0v) is 15.8. The van der Waals surface area contributed by atoms with Gasteiger partial charge in [0, 0.05) is 0 Å². The average molecular weight is 352 g/mol. The molecule has 2 rings (SSSR count). The minimum Gasteiger partial charge on any atom is -0.423 e. The van der Waals surface area contributed by atoms with E-state index in [9.17, 15) is 4.79 Å². The number of aliphatic hydroxyl groups excluding tert-OH is 1. The molecule has 0 saturated carbocycles. The highest BCUT2D eigenvalue weighted by Crippen LogP contribution is 2.28. The van der Waals surface area contributed by atoms with Crippen molar-refractivity contribution in [2.45, 2.75) is 46.0 Å². The van der Waals surface area contributed by atoms with Crippen molar-refractivity contribution in [1.29, 1.82) is 0 Å². The Balaban J connectivity index is 2.14. The first-order valence-electron chi connectivity index (χ1n) is 9.32. The molecule has 0 atom stereocenters. The Morgan fingerprint density at radius 3 is 2.42 bits per heavy atom. The number of aliphatic hydroxyl groups is 1. The predicted molar refractivity (Wildman–Crippen MR) is 106 cm³/mol. The van der Waals surface area contributed by atoms with E-state index in [1.54, 1.807) is 12.1 Å². The molecular formula is C23H28O3. The summed E-state index contributed by atoms with van der Waals surface area (Å²) < 4.78 is 5.19. The van der Waals surface area contributed by atoms with Gasteiger partial charge >= 0.3 is 5.97 Å². The second-order valence-electron chi connectivity index (χ2n) is 6.48. The summed E-state index contributed by atoms with van der Waals surface area (Å²) in [6.45, 7) is 7.46. The van der Waals surface area contributed by atoms with Crippen molar-refractivity contribution >= 4 is 5.97 Å². The Kier molecular flexibility index (Phi) is 7.61. The number of esters is 1. The van der Waals surface area contributed by atoms with Crippen molar-refractivity contribution in [2.24, 2.45) is 0 Å². The number of rotatable bonds is 9. The van der Waals surface area contributed by atoms with Crippen LogP contribution in [0.5, 0.6) is 5.75 Å². The molecule has 0 heterocycles. The van der Waals surface area contributed by atoms with E-state index in [4.69, 9.17) is 9.84 Å². The van der Waals surface area contributed by atoms with Crippen molar-refractivity contribution in [3.63, 3.8) is 0 Å². The van der Waals surface area contributed by atoms with Crippen LogP contribution in [0.25, 0.3) is 11.1 Å². The molecule has 0 radical (unpaired) electrons. The van der Waals surface area contributed by atoms with Crippen LogP contribution in [0.4, 0.5) is 0 Å². The maximum atomic E-state index is 11.7. The molecule has 2 aromatic rings. The number of ether oxygens (including phenoxy) is 1. The van der Waals surface area contributed by atoms with Gasteiger partial charge in [-0.25, -0.2) is 4.79 Å². The van der Waals surface area contributed by atoms with Gasteiger partial charge in [-0.1, -0.05) is 63.6 Å². The minimum absolute atomic E-state index is 0.0426.